The summed E-state index contributed by atoms with van der Waals surface area (Å²) in [7, 11) is 0. The van der Waals surface area contributed by atoms with Gasteiger partial charge in [0.25, 0.3) is 0 Å². The Morgan fingerprint density at radius 3 is 2.35 bits per heavy atom. The third kappa shape index (κ3) is 3.52. The standard InChI is InChI=1S/C17H16ClN5/c1-11-9-12(18)7-8-14(11)23-17-15(19)16(20-10-21-17)22-13-5-3-2-4-6-13/h2-10H,19H2,1H3,(H2,20,21,22,23). The number of benzene rings is 2. The van der Waals surface area contributed by atoms with Crippen molar-refractivity contribution < 1.29 is 0 Å². The van der Waals surface area contributed by atoms with Gasteiger partial charge in [-0.2, -0.15) is 0 Å². The first-order valence-electron chi connectivity index (χ1n) is 7.09. The van der Waals surface area contributed by atoms with E-state index in [2.05, 4.69) is 20.6 Å². The van der Waals surface area contributed by atoms with Crippen LogP contribution in [0.1, 0.15) is 5.56 Å². The zero-order valence-corrected chi connectivity index (χ0v) is 13.3. The average molecular weight is 326 g/mol. The van der Waals surface area contributed by atoms with Gasteiger partial charge >= 0.3 is 0 Å². The van der Waals surface area contributed by atoms with Gasteiger partial charge in [0.1, 0.15) is 12.0 Å². The van der Waals surface area contributed by atoms with E-state index in [9.17, 15) is 0 Å². The maximum absolute atomic E-state index is 6.18. The van der Waals surface area contributed by atoms with Crippen LogP contribution in [0.2, 0.25) is 5.02 Å². The molecule has 0 aliphatic carbocycles. The molecule has 23 heavy (non-hydrogen) atoms. The lowest BCUT2D eigenvalue weighted by Crippen LogP contribution is -2.05. The molecule has 0 atom stereocenters. The number of rotatable bonds is 4. The number of para-hydroxylation sites is 1. The predicted octanol–water partition coefficient (Wildman–Crippen LogP) is 4.51. The molecule has 0 bridgehead atoms. The second-order valence-electron chi connectivity index (χ2n) is 5.06. The molecule has 2 aromatic carbocycles. The van der Waals surface area contributed by atoms with Crippen LogP contribution in [0.3, 0.4) is 0 Å². The Hall–Kier alpha value is -2.79. The molecule has 4 N–H and O–H groups in total. The summed E-state index contributed by atoms with van der Waals surface area (Å²) in [5, 5.41) is 7.09. The van der Waals surface area contributed by atoms with E-state index in [-0.39, 0.29) is 0 Å². The van der Waals surface area contributed by atoms with Crippen molar-refractivity contribution in [1.82, 2.24) is 9.97 Å². The van der Waals surface area contributed by atoms with Crippen molar-refractivity contribution in [1.29, 1.82) is 0 Å². The van der Waals surface area contributed by atoms with Crippen molar-refractivity contribution in [2.45, 2.75) is 6.92 Å². The molecule has 6 heteroatoms. The fraction of sp³-hybridized carbons (Fsp3) is 0.0588. The summed E-state index contributed by atoms with van der Waals surface area (Å²) >= 11 is 5.98. The Morgan fingerprint density at radius 2 is 1.65 bits per heavy atom. The maximum atomic E-state index is 6.18. The quantitative estimate of drug-likeness (QED) is 0.658. The van der Waals surface area contributed by atoms with E-state index in [1.165, 1.54) is 6.33 Å². The number of halogens is 1. The first-order chi connectivity index (χ1) is 11.1. The van der Waals surface area contributed by atoms with Crippen molar-refractivity contribution in [2.75, 3.05) is 16.4 Å². The molecule has 116 valence electrons. The van der Waals surface area contributed by atoms with Crippen LogP contribution in [0.25, 0.3) is 0 Å². The molecule has 3 aromatic rings. The molecular formula is C17H16ClN5. The van der Waals surface area contributed by atoms with E-state index in [1.54, 1.807) is 0 Å². The van der Waals surface area contributed by atoms with Crippen molar-refractivity contribution in [3.63, 3.8) is 0 Å². The fourth-order valence-corrected chi connectivity index (χ4v) is 2.37. The fourth-order valence-electron chi connectivity index (χ4n) is 2.15. The highest BCUT2D eigenvalue weighted by Crippen LogP contribution is 2.29. The summed E-state index contributed by atoms with van der Waals surface area (Å²) < 4.78 is 0. The van der Waals surface area contributed by atoms with E-state index in [1.807, 2.05) is 55.5 Å². The largest absolute Gasteiger partial charge is 0.393 e. The minimum Gasteiger partial charge on any atom is -0.393 e. The van der Waals surface area contributed by atoms with Crippen LogP contribution in [-0.2, 0) is 0 Å². The Morgan fingerprint density at radius 1 is 0.957 bits per heavy atom. The molecule has 0 saturated heterocycles. The molecule has 5 nitrogen and oxygen atoms in total. The van der Waals surface area contributed by atoms with Crippen molar-refractivity contribution >= 4 is 40.3 Å². The molecule has 0 spiro atoms. The van der Waals surface area contributed by atoms with Crippen LogP contribution in [0, 0.1) is 6.92 Å². The van der Waals surface area contributed by atoms with Crippen LogP contribution in [0.4, 0.5) is 28.7 Å². The normalized spacial score (nSPS) is 10.3. The molecule has 0 amide bonds. The molecule has 0 radical (unpaired) electrons. The van der Waals surface area contributed by atoms with Gasteiger partial charge in [0, 0.05) is 16.4 Å². The third-order valence-corrected chi connectivity index (χ3v) is 3.60. The van der Waals surface area contributed by atoms with E-state index in [4.69, 9.17) is 17.3 Å². The zero-order chi connectivity index (χ0) is 16.2. The molecule has 3 rings (SSSR count). The second-order valence-corrected chi connectivity index (χ2v) is 5.50. The molecular weight excluding hydrogens is 310 g/mol. The number of aryl methyl sites for hydroxylation is 1. The Kier molecular flexibility index (Phi) is 4.30. The highest BCUT2D eigenvalue weighted by molar-refractivity contribution is 6.30. The summed E-state index contributed by atoms with van der Waals surface area (Å²) in [6.07, 6.45) is 1.47. The number of nitrogens with two attached hydrogens (primary N) is 1. The second kappa shape index (κ2) is 6.54. The van der Waals surface area contributed by atoms with Crippen molar-refractivity contribution in [3.05, 3.63) is 65.4 Å². The number of anilines is 5. The zero-order valence-electron chi connectivity index (χ0n) is 12.5. The smallest absolute Gasteiger partial charge is 0.159 e. The Labute approximate surface area is 139 Å². The maximum Gasteiger partial charge on any atom is 0.159 e. The minimum absolute atomic E-state index is 0.450. The monoisotopic (exact) mass is 325 g/mol. The Balaban J connectivity index is 1.87. The van der Waals surface area contributed by atoms with E-state index in [0.29, 0.717) is 22.3 Å². The van der Waals surface area contributed by atoms with Crippen LogP contribution >= 0.6 is 11.6 Å². The predicted molar refractivity (Wildman–Crippen MR) is 95.6 cm³/mol. The summed E-state index contributed by atoms with van der Waals surface area (Å²) in [6, 6.07) is 15.3. The average Bonchev–Trinajstić information content (AvgIpc) is 2.54. The first kappa shape index (κ1) is 15.1. The van der Waals surface area contributed by atoms with Gasteiger partial charge < -0.3 is 16.4 Å². The SMILES string of the molecule is Cc1cc(Cl)ccc1Nc1ncnc(Nc2ccccc2)c1N. The molecule has 0 saturated carbocycles. The van der Waals surface area contributed by atoms with Gasteiger partial charge in [0.05, 0.1) is 0 Å². The number of nitrogen functional groups attached to an aromatic ring is 1. The lowest BCUT2D eigenvalue weighted by atomic mass is 10.2. The topological polar surface area (TPSA) is 75.9 Å². The molecule has 0 aliphatic heterocycles. The van der Waals surface area contributed by atoms with Crippen molar-refractivity contribution in [2.24, 2.45) is 0 Å². The van der Waals surface area contributed by atoms with Crippen LogP contribution in [0.5, 0.6) is 0 Å². The highest BCUT2D eigenvalue weighted by Gasteiger charge is 2.09. The first-order valence-corrected chi connectivity index (χ1v) is 7.47. The molecule has 0 fully saturated rings. The van der Waals surface area contributed by atoms with Gasteiger partial charge in [-0.1, -0.05) is 29.8 Å². The van der Waals surface area contributed by atoms with Gasteiger partial charge in [-0.3, -0.25) is 0 Å². The van der Waals surface area contributed by atoms with Crippen molar-refractivity contribution in [3.8, 4) is 0 Å². The molecule has 1 aromatic heterocycles. The minimum atomic E-state index is 0.450. The number of nitrogens with zero attached hydrogens (tertiary/aromatic N) is 2. The van der Waals surface area contributed by atoms with Gasteiger partial charge in [0.15, 0.2) is 11.6 Å². The van der Waals surface area contributed by atoms with Gasteiger partial charge in [0.2, 0.25) is 0 Å². The molecule has 0 unspecified atom stereocenters. The van der Waals surface area contributed by atoms with Crippen LogP contribution in [-0.4, -0.2) is 9.97 Å². The number of hydrogen-bond acceptors (Lipinski definition) is 5. The molecule has 0 aliphatic rings. The van der Waals surface area contributed by atoms with Gasteiger partial charge in [-0.05, 0) is 42.8 Å². The summed E-state index contributed by atoms with van der Waals surface area (Å²) in [5.74, 6) is 1.10. The van der Waals surface area contributed by atoms with E-state index >= 15 is 0 Å². The van der Waals surface area contributed by atoms with Gasteiger partial charge in [-0.25, -0.2) is 9.97 Å². The summed E-state index contributed by atoms with van der Waals surface area (Å²) in [4.78, 5) is 8.42. The van der Waals surface area contributed by atoms with Crippen LogP contribution in [0.15, 0.2) is 54.9 Å². The van der Waals surface area contributed by atoms with Crippen LogP contribution < -0.4 is 16.4 Å². The number of hydrogen-bond donors (Lipinski definition) is 3. The van der Waals surface area contributed by atoms with Gasteiger partial charge in [-0.15, -0.1) is 0 Å². The lowest BCUT2D eigenvalue weighted by molar-refractivity contribution is 1.17. The van der Waals surface area contributed by atoms with E-state index < -0.39 is 0 Å². The molecule has 1 heterocycles. The van der Waals surface area contributed by atoms with E-state index in [0.717, 1.165) is 16.9 Å². The highest BCUT2D eigenvalue weighted by atomic mass is 35.5. The lowest BCUT2D eigenvalue weighted by Gasteiger charge is -2.14. The Bertz CT molecular complexity index is 820. The third-order valence-electron chi connectivity index (χ3n) is 3.36. The summed E-state index contributed by atoms with van der Waals surface area (Å²) in [6.45, 7) is 1.97. The summed E-state index contributed by atoms with van der Waals surface area (Å²) in [5.41, 5.74) is 9.44. The number of nitrogens with one attached hydrogen (secondary N) is 2. The number of aromatic nitrogens is 2.